The van der Waals surface area contributed by atoms with Gasteiger partial charge in [-0.15, -0.1) is 0 Å². The zero-order chi connectivity index (χ0) is 11.1. The zero-order valence-electron chi connectivity index (χ0n) is 8.42. The highest BCUT2D eigenvalue weighted by Gasteiger charge is 2.46. The van der Waals surface area contributed by atoms with Crippen molar-refractivity contribution in [3.8, 4) is 0 Å². The molecule has 1 unspecified atom stereocenters. The molecule has 0 radical (unpaired) electrons. The van der Waals surface area contributed by atoms with Gasteiger partial charge < -0.3 is 0 Å². The zero-order valence-corrected chi connectivity index (χ0v) is 8.42. The van der Waals surface area contributed by atoms with Crippen LogP contribution in [0.1, 0.15) is 29.3 Å². The number of halogens is 1. The average Bonchev–Trinajstić information content (AvgIpc) is 2.24. The van der Waals surface area contributed by atoms with E-state index in [9.17, 15) is 14.0 Å². The molecule has 2 rings (SSSR count). The minimum atomic E-state index is -2.30. The Morgan fingerprint density at radius 2 is 2.07 bits per heavy atom. The number of hydrogen-bond acceptors (Lipinski definition) is 2. The molecule has 0 amide bonds. The second kappa shape index (κ2) is 3.26. The molecule has 0 saturated heterocycles. The summed E-state index contributed by atoms with van der Waals surface area (Å²) in [6.45, 7) is 1.13. The fraction of sp³-hybridized carbons (Fsp3) is 0.333. The minimum Gasteiger partial charge on any atom is -0.296 e. The third-order valence-corrected chi connectivity index (χ3v) is 2.92. The SMILES string of the molecule is CC(=O)C1(F)CCc2ccccc2C1=O. The molecule has 0 saturated carbocycles. The molecule has 0 fully saturated rings. The van der Waals surface area contributed by atoms with Gasteiger partial charge in [-0.25, -0.2) is 4.39 Å². The Kier molecular flexibility index (Phi) is 2.18. The highest BCUT2D eigenvalue weighted by atomic mass is 19.1. The number of benzene rings is 1. The molecule has 1 atom stereocenters. The van der Waals surface area contributed by atoms with Gasteiger partial charge in [0.2, 0.25) is 11.5 Å². The van der Waals surface area contributed by atoms with Crippen LogP contribution in [0.4, 0.5) is 4.39 Å². The summed E-state index contributed by atoms with van der Waals surface area (Å²) in [7, 11) is 0. The van der Waals surface area contributed by atoms with Crippen LogP contribution in [-0.4, -0.2) is 17.2 Å². The van der Waals surface area contributed by atoms with E-state index in [1.807, 2.05) is 6.07 Å². The molecule has 0 bridgehead atoms. The van der Waals surface area contributed by atoms with E-state index in [1.165, 1.54) is 0 Å². The molecule has 0 spiro atoms. The molecule has 78 valence electrons. The maximum atomic E-state index is 14.1. The Bertz CT molecular complexity index is 439. The topological polar surface area (TPSA) is 34.1 Å². The first kappa shape index (κ1) is 10.0. The summed E-state index contributed by atoms with van der Waals surface area (Å²) in [4.78, 5) is 22.9. The number of rotatable bonds is 1. The van der Waals surface area contributed by atoms with Crippen LogP contribution in [-0.2, 0) is 11.2 Å². The highest BCUT2D eigenvalue weighted by molar-refractivity contribution is 6.18. The fourth-order valence-corrected chi connectivity index (χ4v) is 1.93. The normalized spacial score (nSPS) is 24.8. The number of carbonyl (C=O) groups is 2. The Balaban J connectivity index is 2.51. The van der Waals surface area contributed by atoms with Crippen molar-refractivity contribution in [1.82, 2.24) is 0 Å². The first-order valence-corrected chi connectivity index (χ1v) is 4.88. The molecule has 1 aliphatic carbocycles. The van der Waals surface area contributed by atoms with E-state index < -0.39 is 17.2 Å². The summed E-state index contributed by atoms with van der Waals surface area (Å²) in [5.74, 6) is -1.38. The molecule has 1 aromatic carbocycles. The molecule has 0 aromatic heterocycles. The summed E-state index contributed by atoms with van der Waals surface area (Å²) >= 11 is 0. The number of aryl methyl sites for hydroxylation is 1. The highest BCUT2D eigenvalue weighted by Crippen LogP contribution is 2.32. The lowest BCUT2D eigenvalue weighted by atomic mass is 9.78. The molecule has 0 N–H and O–H groups in total. The van der Waals surface area contributed by atoms with Gasteiger partial charge in [0.25, 0.3) is 0 Å². The predicted molar refractivity (Wildman–Crippen MR) is 53.6 cm³/mol. The summed E-state index contributed by atoms with van der Waals surface area (Å²) in [6, 6.07) is 6.87. The lowest BCUT2D eigenvalue weighted by molar-refractivity contribution is -0.126. The van der Waals surface area contributed by atoms with Crippen molar-refractivity contribution in [2.24, 2.45) is 0 Å². The van der Waals surface area contributed by atoms with Crippen LogP contribution in [0.5, 0.6) is 0 Å². The van der Waals surface area contributed by atoms with Crippen molar-refractivity contribution >= 4 is 11.6 Å². The summed E-state index contributed by atoms with van der Waals surface area (Å²) in [5, 5.41) is 0. The van der Waals surface area contributed by atoms with Crippen LogP contribution in [0.15, 0.2) is 24.3 Å². The lowest BCUT2D eigenvalue weighted by Gasteiger charge is -2.27. The first-order valence-electron chi connectivity index (χ1n) is 4.88. The van der Waals surface area contributed by atoms with Crippen LogP contribution in [0, 0.1) is 0 Å². The second-order valence-corrected chi connectivity index (χ2v) is 3.84. The second-order valence-electron chi connectivity index (χ2n) is 3.84. The van der Waals surface area contributed by atoms with Gasteiger partial charge in [-0.05, 0) is 18.9 Å². The van der Waals surface area contributed by atoms with E-state index in [0.29, 0.717) is 12.0 Å². The summed E-state index contributed by atoms with van der Waals surface area (Å²) in [6.07, 6.45) is 0.413. The van der Waals surface area contributed by atoms with Gasteiger partial charge in [-0.2, -0.15) is 0 Å². The number of ketones is 2. The van der Waals surface area contributed by atoms with Crippen LogP contribution < -0.4 is 0 Å². The largest absolute Gasteiger partial charge is 0.296 e. The van der Waals surface area contributed by atoms with E-state index in [1.54, 1.807) is 18.2 Å². The number of fused-ring (bicyclic) bond motifs is 1. The number of alkyl halides is 1. The molecule has 3 heteroatoms. The molecule has 0 heterocycles. The number of carbonyl (C=O) groups excluding carboxylic acids is 2. The van der Waals surface area contributed by atoms with Crippen molar-refractivity contribution in [1.29, 1.82) is 0 Å². The van der Waals surface area contributed by atoms with Crippen molar-refractivity contribution < 1.29 is 14.0 Å². The summed E-state index contributed by atoms with van der Waals surface area (Å²) < 4.78 is 14.1. The van der Waals surface area contributed by atoms with E-state index in [0.717, 1.165) is 12.5 Å². The van der Waals surface area contributed by atoms with Gasteiger partial charge in [0.1, 0.15) is 0 Å². The molecule has 15 heavy (non-hydrogen) atoms. The third-order valence-electron chi connectivity index (χ3n) is 2.92. The monoisotopic (exact) mass is 206 g/mol. The molecule has 1 aromatic rings. The quantitative estimate of drug-likeness (QED) is 0.659. The van der Waals surface area contributed by atoms with Crippen LogP contribution >= 0.6 is 0 Å². The standard InChI is InChI=1S/C12H11FO2/c1-8(14)12(13)7-6-9-4-2-3-5-10(9)11(12)15/h2-5H,6-7H2,1H3. The van der Waals surface area contributed by atoms with Gasteiger partial charge >= 0.3 is 0 Å². The lowest BCUT2D eigenvalue weighted by Crippen LogP contribution is -2.44. The van der Waals surface area contributed by atoms with E-state index in [2.05, 4.69) is 0 Å². The minimum absolute atomic E-state index is 0.0296. The summed E-state index contributed by atoms with van der Waals surface area (Å²) in [5.41, 5.74) is -1.12. The van der Waals surface area contributed by atoms with Crippen molar-refractivity contribution in [3.63, 3.8) is 0 Å². The van der Waals surface area contributed by atoms with Crippen molar-refractivity contribution in [2.45, 2.75) is 25.4 Å². The molecule has 0 aliphatic heterocycles. The molecule has 1 aliphatic rings. The Morgan fingerprint density at radius 3 is 2.73 bits per heavy atom. The Hall–Kier alpha value is -1.51. The average molecular weight is 206 g/mol. The van der Waals surface area contributed by atoms with E-state index in [4.69, 9.17) is 0 Å². The van der Waals surface area contributed by atoms with Gasteiger partial charge in [0, 0.05) is 12.0 Å². The van der Waals surface area contributed by atoms with E-state index >= 15 is 0 Å². The molecular formula is C12H11FO2. The maximum Gasteiger partial charge on any atom is 0.230 e. The third kappa shape index (κ3) is 1.39. The smallest absolute Gasteiger partial charge is 0.230 e. The van der Waals surface area contributed by atoms with Gasteiger partial charge in [0.05, 0.1) is 0 Å². The van der Waals surface area contributed by atoms with Gasteiger partial charge in [-0.1, -0.05) is 24.3 Å². The fourth-order valence-electron chi connectivity index (χ4n) is 1.93. The van der Waals surface area contributed by atoms with Crippen molar-refractivity contribution in [3.05, 3.63) is 35.4 Å². The predicted octanol–water partition coefficient (Wildman–Crippen LogP) is 2.11. The van der Waals surface area contributed by atoms with Crippen molar-refractivity contribution in [2.75, 3.05) is 0 Å². The number of Topliss-reactive ketones (excluding diaryl/α,β-unsaturated/α-hetero) is 2. The maximum absolute atomic E-state index is 14.1. The van der Waals surface area contributed by atoms with Gasteiger partial charge in [0.15, 0.2) is 5.78 Å². The Morgan fingerprint density at radius 1 is 1.40 bits per heavy atom. The molecule has 2 nitrogen and oxygen atoms in total. The number of hydrogen-bond donors (Lipinski definition) is 0. The Labute approximate surface area is 87.1 Å². The van der Waals surface area contributed by atoms with Gasteiger partial charge in [-0.3, -0.25) is 9.59 Å². The van der Waals surface area contributed by atoms with Crippen LogP contribution in [0.3, 0.4) is 0 Å². The first-order chi connectivity index (χ1) is 7.05. The molecular weight excluding hydrogens is 195 g/mol. The van der Waals surface area contributed by atoms with Crippen LogP contribution in [0.25, 0.3) is 0 Å². The van der Waals surface area contributed by atoms with E-state index in [-0.39, 0.29) is 6.42 Å². The van der Waals surface area contributed by atoms with Crippen LogP contribution in [0.2, 0.25) is 0 Å².